The van der Waals surface area contributed by atoms with Gasteiger partial charge in [-0.05, 0) is 61.9 Å². The van der Waals surface area contributed by atoms with Crippen LogP contribution in [0.2, 0.25) is 0 Å². The summed E-state index contributed by atoms with van der Waals surface area (Å²) in [6, 6.07) is 11.5. The Morgan fingerprint density at radius 2 is 1.58 bits per heavy atom. The molecular formula is C27H39N5O5S. The first-order valence-corrected chi connectivity index (χ1v) is 14.0. The molecule has 11 heteroatoms. The molecule has 1 saturated heterocycles. The Labute approximate surface area is 226 Å². The molecule has 0 saturated carbocycles. The number of aryl methyl sites for hydroxylation is 2. The molecular weight excluding hydrogens is 506 g/mol. The fraction of sp³-hybridized carbons (Fsp3) is 0.481. The second-order valence-electron chi connectivity index (χ2n) is 9.83. The second-order valence-corrected chi connectivity index (χ2v) is 11.8. The van der Waals surface area contributed by atoms with Crippen molar-refractivity contribution in [2.45, 2.75) is 25.3 Å². The van der Waals surface area contributed by atoms with Crippen molar-refractivity contribution in [3.63, 3.8) is 0 Å². The maximum atomic E-state index is 13.1. The number of sulfonamides is 1. The summed E-state index contributed by atoms with van der Waals surface area (Å²) in [5.74, 6) is -0.264. The van der Waals surface area contributed by atoms with Crippen LogP contribution in [0, 0.1) is 13.8 Å². The van der Waals surface area contributed by atoms with Gasteiger partial charge in [-0.2, -0.15) is 4.31 Å². The Balaban J connectivity index is 1.50. The predicted molar refractivity (Wildman–Crippen MR) is 148 cm³/mol. The number of ether oxygens (including phenoxy) is 1. The molecule has 38 heavy (non-hydrogen) atoms. The van der Waals surface area contributed by atoms with E-state index in [1.165, 1.54) is 24.7 Å². The van der Waals surface area contributed by atoms with Crippen LogP contribution >= 0.6 is 0 Å². The third kappa shape index (κ3) is 7.24. The Bertz CT molecular complexity index is 1220. The normalized spacial score (nSPS) is 14.4. The lowest BCUT2D eigenvalue weighted by atomic mass is 10.1. The van der Waals surface area contributed by atoms with Gasteiger partial charge in [0, 0.05) is 52.5 Å². The number of methoxy groups -OCH3 is 1. The lowest BCUT2D eigenvalue weighted by molar-refractivity contribution is -0.132. The summed E-state index contributed by atoms with van der Waals surface area (Å²) in [6.07, 6.45) is 0. The number of rotatable bonds is 10. The van der Waals surface area contributed by atoms with Gasteiger partial charge in [0.1, 0.15) is 5.75 Å². The van der Waals surface area contributed by atoms with Gasteiger partial charge in [0.25, 0.3) is 0 Å². The molecule has 208 valence electrons. The quantitative estimate of drug-likeness (QED) is 0.482. The van der Waals surface area contributed by atoms with E-state index in [1.54, 1.807) is 33.0 Å². The standard InChI is InChI=1S/C27H39N5O5S/c1-20-15-24(37-6)16-21(2)27(20)38(35,36)31(5)19-25(33)28-17-26(34)30(4)18-22-7-9-23(10-8-22)32-13-11-29(3)12-14-32/h7-10,15-16H,11-14,17-19H2,1-6H3,(H,28,33). The van der Waals surface area contributed by atoms with Gasteiger partial charge in [-0.3, -0.25) is 9.59 Å². The van der Waals surface area contributed by atoms with Crippen molar-refractivity contribution in [3.05, 3.63) is 53.1 Å². The van der Waals surface area contributed by atoms with Crippen molar-refractivity contribution in [2.75, 3.05) is 72.4 Å². The summed E-state index contributed by atoms with van der Waals surface area (Å²) >= 11 is 0. The van der Waals surface area contributed by atoms with E-state index in [2.05, 4.69) is 34.3 Å². The highest BCUT2D eigenvalue weighted by Crippen LogP contribution is 2.27. The van der Waals surface area contributed by atoms with Gasteiger partial charge in [-0.1, -0.05) is 12.1 Å². The van der Waals surface area contributed by atoms with Crippen LogP contribution in [-0.2, 0) is 26.2 Å². The summed E-state index contributed by atoms with van der Waals surface area (Å²) in [5.41, 5.74) is 3.22. The number of nitrogens with zero attached hydrogens (tertiary/aromatic N) is 4. The van der Waals surface area contributed by atoms with E-state index in [0.29, 0.717) is 23.4 Å². The molecule has 0 unspecified atom stereocenters. The minimum atomic E-state index is -3.91. The molecule has 0 aliphatic carbocycles. The van der Waals surface area contributed by atoms with E-state index in [1.807, 2.05) is 12.1 Å². The highest BCUT2D eigenvalue weighted by atomic mass is 32.2. The van der Waals surface area contributed by atoms with Crippen molar-refractivity contribution < 1.29 is 22.7 Å². The van der Waals surface area contributed by atoms with E-state index in [0.717, 1.165) is 36.0 Å². The molecule has 1 fully saturated rings. The highest BCUT2D eigenvalue weighted by molar-refractivity contribution is 7.89. The molecule has 0 spiro atoms. The number of amides is 2. The second kappa shape index (κ2) is 12.6. The van der Waals surface area contributed by atoms with Crippen LogP contribution in [0.1, 0.15) is 16.7 Å². The summed E-state index contributed by atoms with van der Waals surface area (Å²) in [5, 5.41) is 2.54. The van der Waals surface area contributed by atoms with Gasteiger partial charge < -0.3 is 24.8 Å². The maximum Gasteiger partial charge on any atom is 0.243 e. The Morgan fingerprint density at radius 3 is 2.13 bits per heavy atom. The van der Waals surface area contributed by atoms with Crippen molar-refractivity contribution >= 4 is 27.5 Å². The number of carbonyl (C=O) groups is 2. The predicted octanol–water partition coefficient (Wildman–Crippen LogP) is 1.46. The number of piperazine rings is 1. The number of hydrogen-bond acceptors (Lipinski definition) is 7. The average Bonchev–Trinajstić information content (AvgIpc) is 2.87. The lowest BCUT2D eigenvalue weighted by Crippen LogP contribution is -2.44. The molecule has 10 nitrogen and oxygen atoms in total. The van der Waals surface area contributed by atoms with Crippen LogP contribution in [0.4, 0.5) is 5.69 Å². The molecule has 0 aromatic heterocycles. The smallest absolute Gasteiger partial charge is 0.243 e. The minimum absolute atomic E-state index is 0.142. The molecule has 0 bridgehead atoms. The van der Waals surface area contributed by atoms with Crippen LogP contribution in [-0.4, -0.2) is 102 Å². The zero-order chi connectivity index (χ0) is 28.0. The van der Waals surface area contributed by atoms with Crippen LogP contribution in [0.5, 0.6) is 5.75 Å². The van der Waals surface area contributed by atoms with Crippen LogP contribution < -0.4 is 15.0 Å². The molecule has 2 amide bonds. The van der Waals surface area contributed by atoms with E-state index in [-0.39, 0.29) is 17.3 Å². The van der Waals surface area contributed by atoms with Crippen LogP contribution in [0.15, 0.2) is 41.3 Å². The first-order chi connectivity index (χ1) is 17.9. The van der Waals surface area contributed by atoms with Gasteiger partial charge in [0.2, 0.25) is 21.8 Å². The molecule has 0 radical (unpaired) electrons. The summed E-state index contributed by atoms with van der Waals surface area (Å²) in [6.45, 7) is 7.20. The molecule has 1 aliphatic heterocycles. The Kier molecular flexibility index (Phi) is 9.75. The van der Waals surface area contributed by atoms with Gasteiger partial charge in [0.15, 0.2) is 0 Å². The fourth-order valence-corrected chi connectivity index (χ4v) is 6.01. The number of hydrogen-bond donors (Lipinski definition) is 1. The molecule has 1 heterocycles. The number of benzene rings is 2. The third-order valence-corrected chi connectivity index (χ3v) is 8.90. The van der Waals surface area contributed by atoms with Crippen molar-refractivity contribution in [2.24, 2.45) is 0 Å². The van der Waals surface area contributed by atoms with Crippen LogP contribution in [0.3, 0.4) is 0 Å². The SMILES string of the molecule is COc1cc(C)c(S(=O)(=O)N(C)CC(=O)NCC(=O)N(C)Cc2ccc(N3CCN(C)CC3)cc2)c(C)c1. The Hall–Kier alpha value is -3.15. The number of likely N-dealkylation sites (N-methyl/N-ethyl adjacent to an activating group) is 3. The topological polar surface area (TPSA) is 102 Å². The van der Waals surface area contributed by atoms with E-state index in [4.69, 9.17) is 4.74 Å². The van der Waals surface area contributed by atoms with Crippen LogP contribution in [0.25, 0.3) is 0 Å². The van der Waals surface area contributed by atoms with Gasteiger partial charge >= 0.3 is 0 Å². The van der Waals surface area contributed by atoms with E-state index in [9.17, 15) is 18.0 Å². The van der Waals surface area contributed by atoms with E-state index < -0.39 is 22.5 Å². The maximum absolute atomic E-state index is 13.1. The largest absolute Gasteiger partial charge is 0.497 e. The average molecular weight is 546 g/mol. The summed E-state index contributed by atoms with van der Waals surface area (Å²) < 4.78 is 32.4. The zero-order valence-corrected chi connectivity index (χ0v) is 24.0. The van der Waals surface area contributed by atoms with Crippen molar-refractivity contribution in [1.82, 2.24) is 19.4 Å². The Morgan fingerprint density at radius 1 is 1.00 bits per heavy atom. The first-order valence-electron chi connectivity index (χ1n) is 12.6. The minimum Gasteiger partial charge on any atom is -0.497 e. The zero-order valence-electron chi connectivity index (χ0n) is 23.2. The third-order valence-electron chi connectivity index (χ3n) is 6.79. The molecule has 3 rings (SSSR count). The monoisotopic (exact) mass is 545 g/mol. The first kappa shape index (κ1) is 29.4. The molecule has 1 N–H and O–H groups in total. The van der Waals surface area contributed by atoms with Crippen molar-refractivity contribution in [1.29, 1.82) is 0 Å². The molecule has 0 atom stereocenters. The van der Waals surface area contributed by atoms with Gasteiger partial charge in [0.05, 0.1) is 25.1 Å². The number of anilines is 1. The highest BCUT2D eigenvalue weighted by Gasteiger charge is 2.27. The molecule has 2 aromatic rings. The fourth-order valence-electron chi connectivity index (χ4n) is 4.48. The number of nitrogens with one attached hydrogen (secondary N) is 1. The molecule has 2 aromatic carbocycles. The molecule has 1 aliphatic rings. The van der Waals surface area contributed by atoms with Gasteiger partial charge in [-0.25, -0.2) is 8.42 Å². The van der Waals surface area contributed by atoms with Gasteiger partial charge in [-0.15, -0.1) is 0 Å². The van der Waals surface area contributed by atoms with E-state index >= 15 is 0 Å². The summed E-state index contributed by atoms with van der Waals surface area (Å²) in [4.78, 5) is 31.4. The summed E-state index contributed by atoms with van der Waals surface area (Å²) in [7, 11) is 2.75. The number of carbonyl (C=O) groups excluding carboxylic acids is 2. The van der Waals surface area contributed by atoms with Crippen molar-refractivity contribution in [3.8, 4) is 5.75 Å². The lowest BCUT2D eigenvalue weighted by Gasteiger charge is -2.34.